The summed E-state index contributed by atoms with van der Waals surface area (Å²) < 4.78 is 13.1. The number of hydrogen-bond donors (Lipinski definition) is 1. The standard InChI is InChI=1S/C36H52N2O3/c1-22-16-32-33(38(20-22)34(39)40-21-25-8-6-5-7-9-25)24(3)36(41-32)15-13-28-29-11-10-26-17-27(37)12-14-35(26,4)31(29)18-30(28)23(2)19-36/h5-9,22,24,26-29,31-33H,10-21,37H2,1-4H3/t22-,24+,26+,27+,28-,29-,31?,32+,33-,35-,36-/m0/s1. The zero-order valence-electron chi connectivity index (χ0n) is 25.8. The summed E-state index contributed by atoms with van der Waals surface area (Å²) in [5.41, 5.74) is 11.2. The minimum absolute atomic E-state index is 0.0961. The molecular weight excluding hydrogens is 508 g/mol. The van der Waals surface area contributed by atoms with Gasteiger partial charge in [0.15, 0.2) is 0 Å². The van der Waals surface area contributed by atoms with E-state index in [9.17, 15) is 4.79 Å². The predicted molar refractivity (Wildman–Crippen MR) is 162 cm³/mol. The first-order valence-corrected chi connectivity index (χ1v) is 16.8. The molecule has 1 aromatic rings. The number of carbonyl (C=O) groups is 1. The molecular formula is C36H52N2O3. The smallest absolute Gasteiger partial charge is 0.410 e. The first-order chi connectivity index (χ1) is 19.7. The van der Waals surface area contributed by atoms with E-state index in [1.54, 1.807) is 11.1 Å². The third-order valence-electron chi connectivity index (χ3n) is 13.2. The summed E-state index contributed by atoms with van der Waals surface area (Å²) in [7, 11) is 0. The molecule has 1 aromatic carbocycles. The molecule has 7 rings (SSSR count). The lowest BCUT2D eigenvalue weighted by Crippen LogP contribution is -2.54. The second kappa shape index (κ2) is 10.4. The highest BCUT2D eigenvalue weighted by Gasteiger charge is 2.60. The SMILES string of the molecule is CC1=C2CC3[C@@H](CC[C@@H]4C[C@H](N)CC[C@]34C)[C@@H]2CC[C@@]2(C1)O[C@@H]1C[C@H](C)CN(C(=O)OCc3ccccc3)[C@H]1[C@H]2C. The molecule has 0 aromatic heterocycles. The van der Waals surface area contributed by atoms with Crippen molar-refractivity contribution in [3.05, 3.63) is 47.0 Å². The average Bonchev–Trinajstić information content (AvgIpc) is 3.42. The van der Waals surface area contributed by atoms with Gasteiger partial charge in [-0.15, -0.1) is 0 Å². The zero-order chi connectivity index (χ0) is 28.5. The molecule has 5 heteroatoms. The second-order valence-corrected chi connectivity index (χ2v) is 15.5. The summed E-state index contributed by atoms with van der Waals surface area (Å²) in [6.07, 6.45) is 12.2. The summed E-state index contributed by atoms with van der Waals surface area (Å²) in [6, 6.07) is 10.5. The lowest BCUT2D eigenvalue weighted by Gasteiger charge is -2.54. The Hall–Kier alpha value is -1.85. The third-order valence-corrected chi connectivity index (χ3v) is 13.2. The molecule has 5 nitrogen and oxygen atoms in total. The Morgan fingerprint density at radius 3 is 2.71 bits per heavy atom. The van der Waals surface area contributed by atoms with E-state index in [0.717, 1.165) is 55.0 Å². The lowest BCUT2D eigenvalue weighted by atomic mass is 9.52. The van der Waals surface area contributed by atoms with E-state index < -0.39 is 0 Å². The van der Waals surface area contributed by atoms with Crippen molar-refractivity contribution in [1.29, 1.82) is 0 Å². The Balaban J connectivity index is 1.11. The van der Waals surface area contributed by atoms with E-state index in [1.165, 1.54) is 44.9 Å². The average molecular weight is 561 g/mol. The molecule has 2 N–H and O–H groups in total. The molecule has 1 amide bonds. The van der Waals surface area contributed by atoms with Crippen molar-refractivity contribution in [3.8, 4) is 0 Å². The highest BCUT2D eigenvalue weighted by atomic mass is 16.6. The van der Waals surface area contributed by atoms with Crippen molar-refractivity contribution in [2.24, 2.45) is 46.7 Å². The Morgan fingerprint density at radius 1 is 1.10 bits per heavy atom. The van der Waals surface area contributed by atoms with Crippen LogP contribution in [0.3, 0.4) is 0 Å². The molecule has 2 heterocycles. The number of piperidine rings is 1. The van der Waals surface area contributed by atoms with E-state index in [-0.39, 0.29) is 23.8 Å². The van der Waals surface area contributed by atoms with Gasteiger partial charge in [0.1, 0.15) is 6.61 Å². The van der Waals surface area contributed by atoms with Gasteiger partial charge in [-0.1, -0.05) is 62.2 Å². The molecule has 6 aliphatic rings. The summed E-state index contributed by atoms with van der Waals surface area (Å²) in [5, 5.41) is 0. The summed E-state index contributed by atoms with van der Waals surface area (Å²) in [4.78, 5) is 15.6. The number of fused-ring (bicyclic) bond motifs is 6. The maximum atomic E-state index is 13.5. The van der Waals surface area contributed by atoms with Gasteiger partial charge in [0.05, 0.1) is 17.7 Å². The molecule has 1 spiro atoms. The number of nitrogens with two attached hydrogens (primary N) is 1. The topological polar surface area (TPSA) is 64.8 Å². The zero-order valence-corrected chi connectivity index (χ0v) is 25.8. The molecule has 224 valence electrons. The van der Waals surface area contributed by atoms with E-state index >= 15 is 0 Å². The van der Waals surface area contributed by atoms with Gasteiger partial charge in [0.25, 0.3) is 0 Å². The van der Waals surface area contributed by atoms with E-state index in [0.29, 0.717) is 29.9 Å². The first kappa shape index (κ1) is 28.0. The highest BCUT2D eigenvalue weighted by molar-refractivity contribution is 5.68. The van der Waals surface area contributed by atoms with Crippen LogP contribution in [0.4, 0.5) is 4.79 Å². The molecule has 2 aliphatic heterocycles. The van der Waals surface area contributed by atoms with Crippen LogP contribution in [0.1, 0.15) is 97.5 Å². The fraction of sp³-hybridized carbons (Fsp3) is 0.750. The van der Waals surface area contributed by atoms with Gasteiger partial charge in [-0.25, -0.2) is 4.79 Å². The van der Waals surface area contributed by atoms with Crippen LogP contribution >= 0.6 is 0 Å². The number of hydrogen-bond acceptors (Lipinski definition) is 4. The normalized spacial score (nSPS) is 45.5. The number of allylic oxidation sites excluding steroid dienone is 1. The second-order valence-electron chi connectivity index (χ2n) is 15.5. The van der Waals surface area contributed by atoms with Crippen molar-refractivity contribution >= 4 is 6.09 Å². The lowest BCUT2D eigenvalue weighted by molar-refractivity contribution is -0.0802. The minimum atomic E-state index is -0.177. The van der Waals surface area contributed by atoms with Crippen LogP contribution < -0.4 is 5.73 Å². The van der Waals surface area contributed by atoms with Gasteiger partial charge in [0, 0.05) is 18.5 Å². The molecule has 0 radical (unpaired) electrons. The maximum Gasteiger partial charge on any atom is 0.410 e. The maximum absolute atomic E-state index is 13.5. The van der Waals surface area contributed by atoms with Crippen LogP contribution in [0.2, 0.25) is 0 Å². The number of carbonyl (C=O) groups excluding carboxylic acids is 1. The van der Waals surface area contributed by atoms with Crippen LogP contribution in [-0.2, 0) is 16.1 Å². The van der Waals surface area contributed by atoms with Gasteiger partial charge in [-0.2, -0.15) is 0 Å². The predicted octanol–water partition coefficient (Wildman–Crippen LogP) is 7.49. The molecule has 5 fully saturated rings. The number of rotatable bonds is 2. The fourth-order valence-corrected chi connectivity index (χ4v) is 11.1. The number of ether oxygens (including phenoxy) is 2. The van der Waals surface area contributed by atoms with Crippen molar-refractivity contribution in [2.45, 2.75) is 122 Å². The Bertz CT molecular complexity index is 1180. The van der Waals surface area contributed by atoms with Crippen LogP contribution in [0, 0.1) is 40.9 Å². The number of likely N-dealkylation sites (tertiary alicyclic amines) is 1. The number of benzene rings is 1. The van der Waals surface area contributed by atoms with Gasteiger partial charge >= 0.3 is 6.09 Å². The van der Waals surface area contributed by atoms with Crippen LogP contribution in [0.5, 0.6) is 0 Å². The Labute approximate surface area is 247 Å². The molecule has 3 saturated carbocycles. The Kier molecular flexibility index (Phi) is 7.09. The van der Waals surface area contributed by atoms with Crippen molar-refractivity contribution in [1.82, 2.24) is 4.90 Å². The van der Waals surface area contributed by atoms with Gasteiger partial charge in [-0.05, 0) is 112 Å². The molecule has 2 saturated heterocycles. The van der Waals surface area contributed by atoms with Crippen LogP contribution in [-0.4, -0.2) is 41.3 Å². The van der Waals surface area contributed by atoms with E-state index in [2.05, 4.69) is 27.7 Å². The van der Waals surface area contributed by atoms with Gasteiger partial charge in [-0.3, -0.25) is 0 Å². The van der Waals surface area contributed by atoms with Gasteiger partial charge in [0.2, 0.25) is 0 Å². The molecule has 1 unspecified atom stereocenters. The first-order valence-electron chi connectivity index (χ1n) is 16.8. The summed E-state index contributed by atoms with van der Waals surface area (Å²) in [6.45, 7) is 10.8. The molecule has 41 heavy (non-hydrogen) atoms. The van der Waals surface area contributed by atoms with Crippen molar-refractivity contribution < 1.29 is 14.3 Å². The van der Waals surface area contributed by atoms with Crippen molar-refractivity contribution in [3.63, 3.8) is 0 Å². The number of amides is 1. The number of nitrogens with zero attached hydrogens (tertiary/aromatic N) is 1. The molecule has 0 bridgehead atoms. The summed E-state index contributed by atoms with van der Waals surface area (Å²) >= 11 is 0. The highest BCUT2D eigenvalue weighted by Crippen LogP contribution is 2.65. The van der Waals surface area contributed by atoms with E-state index in [1.807, 2.05) is 35.2 Å². The quantitative estimate of drug-likeness (QED) is 0.381. The Morgan fingerprint density at radius 2 is 1.90 bits per heavy atom. The van der Waals surface area contributed by atoms with Crippen molar-refractivity contribution in [2.75, 3.05) is 6.54 Å². The van der Waals surface area contributed by atoms with Crippen LogP contribution in [0.15, 0.2) is 41.5 Å². The van der Waals surface area contributed by atoms with E-state index in [4.69, 9.17) is 15.2 Å². The monoisotopic (exact) mass is 560 g/mol. The fourth-order valence-electron chi connectivity index (χ4n) is 11.1. The molecule has 4 aliphatic carbocycles. The largest absolute Gasteiger partial charge is 0.445 e. The third kappa shape index (κ3) is 4.60. The molecule has 11 atom stereocenters. The summed E-state index contributed by atoms with van der Waals surface area (Å²) in [5.74, 6) is 3.90. The minimum Gasteiger partial charge on any atom is -0.445 e. The van der Waals surface area contributed by atoms with Gasteiger partial charge < -0.3 is 20.1 Å². The van der Waals surface area contributed by atoms with Crippen LogP contribution in [0.25, 0.3) is 0 Å².